The Kier molecular flexibility index (Phi) is 5.81. The molecule has 0 aliphatic heterocycles. The highest BCUT2D eigenvalue weighted by Gasteiger charge is 2.16. The molecule has 0 fully saturated rings. The smallest absolute Gasteiger partial charge is 0.238 e. The second-order valence-electron chi connectivity index (χ2n) is 5.41. The molecule has 1 aromatic heterocycles. The summed E-state index contributed by atoms with van der Waals surface area (Å²) < 4.78 is 13.7. The Hall–Kier alpha value is -2.21. The zero-order valence-electron chi connectivity index (χ0n) is 13.2. The van der Waals surface area contributed by atoms with Crippen molar-refractivity contribution in [3.8, 4) is 0 Å². The van der Waals surface area contributed by atoms with Crippen LogP contribution in [0.3, 0.4) is 0 Å². The molecule has 128 valence electrons. The number of carbonyl (C=O) groups excluding carboxylic acids is 1. The van der Waals surface area contributed by atoms with Gasteiger partial charge in [0.1, 0.15) is 5.82 Å². The second-order valence-corrected chi connectivity index (χ2v) is 6.83. The first-order valence-electron chi connectivity index (χ1n) is 7.70. The summed E-state index contributed by atoms with van der Waals surface area (Å²) in [6.07, 6.45) is 0. The number of anilines is 1. The maximum Gasteiger partial charge on any atom is 0.238 e. The Morgan fingerprint density at radius 2 is 1.92 bits per heavy atom. The molecule has 0 radical (unpaired) electrons. The maximum absolute atomic E-state index is 13.7. The molecule has 0 unspecified atom stereocenters. The fourth-order valence-corrected chi connectivity index (χ4v) is 3.47. The molecule has 1 atom stereocenters. The zero-order valence-corrected chi connectivity index (χ0v) is 14.8. The molecule has 3 nitrogen and oxygen atoms in total. The molecule has 25 heavy (non-hydrogen) atoms. The molecule has 2 N–H and O–H groups in total. The predicted octanol–water partition coefficient (Wildman–Crippen LogP) is 4.86. The van der Waals surface area contributed by atoms with Crippen LogP contribution in [0.15, 0.2) is 66.0 Å². The van der Waals surface area contributed by atoms with Gasteiger partial charge in [0, 0.05) is 9.90 Å². The minimum Gasteiger partial charge on any atom is -0.322 e. The van der Waals surface area contributed by atoms with E-state index in [4.69, 9.17) is 11.6 Å². The van der Waals surface area contributed by atoms with Crippen LogP contribution in [0.1, 0.15) is 16.5 Å². The van der Waals surface area contributed by atoms with Crippen molar-refractivity contribution in [3.63, 3.8) is 0 Å². The zero-order chi connectivity index (χ0) is 17.6. The number of benzene rings is 2. The lowest BCUT2D eigenvalue weighted by Crippen LogP contribution is -2.31. The minimum atomic E-state index is -0.518. The maximum atomic E-state index is 13.7. The minimum absolute atomic E-state index is 0.0451. The van der Waals surface area contributed by atoms with Crippen molar-refractivity contribution < 1.29 is 9.18 Å². The Labute approximate surface area is 154 Å². The van der Waals surface area contributed by atoms with Gasteiger partial charge in [-0.3, -0.25) is 10.1 Å². The van der Waals surface area contributed by atoms with E-state index in [1.54, 1.807) is 11.3 Å². The quantitative estimate of drug-likeness (QED) is 0.647. The third-order valence-electron chi connectivity index (χ3n) is 3.63. The normalized spacial score (nSPS) is 11.9. The average Bonchev–Trinajstić information content (AvgIpc) is 3.14. The van der Waals surface area contributed by atoms with Gasteiger partial charge in [-0.1, -0.05) is 48.0 Å². The van der Waals surface area contributed by atoms with Gasteiger partial charge < -0.3 is 5.32 Å². The molecule has 0 bridgehead atoms. The van der Waals surface area contributed by atoms with E-state index in [9.17, 15) is 9.18 Å². The van der Waals surface area contributed by atoms with E-state index < -0.39 is 5.82 Å². The summed E-state index contributed by atoms with van der Waals surface area (Å²) in [5.41, 5.74) is 1.14. The number of amides is 1. The molecule has 1 amide bonds. The van der Waals surface area contributed by atoms with E-state index in [0.29, 0.717) is 5.02 Å². The summed E-state index contributed by atoms with van der Waals surface area (Å²) in [4.78, 5) is 13.3. The summed E-state index contributed by atoms with van der Waals surface area (Å²) in [6, 6.07) is 17.8. The summed E-state index contributed by atoms with van der Waals surface area (Å²) >= 11 is 7.46. The lowest BCUT2D eigenvalue weighted by Gasteiger charge is -2.18. The van der Waals surface area contributed by atoms with Crippen LogP contribution in [-0.2, 0) is 4.79 Å². The van der Waals surface area contributed by atoms with Gasteiger partial charge in [0.05, 0.1) is 18.3 Å². The van der Waals surface area contributed by atoms with Crippen molar-refractivity contribution in [2.24, 2.45) is 0 Å². The molecule has 3 aromatic rings. The fourth-order valence-electron chi connectivity index (χ4n) is 2.47. The summed E-state index contributed by atoms with van der Waals surface area (Å²) in [5.74, 6) is -0.853. The van der Waals surface area contributed by atoms with Crippen LogP contribution >= 0.6 is 22.9 Å². The van der Waals surface area contributed by atoms with E-state index in [1.165, 1.54) is 18.2 Å². The standard InChI is InChI=1S/C19H16ClFN2OS/c20-14-8-9-15(21)16(11-14)23-18(24)12-22-19(17-7-4-10-25-17)13-5-2-1-3-6-13/h1-11,19,22H,12H2,(H,23,24)/t19-/m0/s1. The molecule has 3 rings (SSSR count). The molecule has 0 aliphatic rings. The molecule has 0 saturated carbocycles. The van der Waals surface area contributed by atoms with Crippen molar-refractivity contribution in [1.29, 1.82) is 0 Å². The number of hydrogen-bond donors (Lipinski definition) is 2. The van der Waals surface area contributed by atoms with Gasteiger partial charge in [-0.2, -0.15) is 0 Å². The molecule has 0 aliphatic carbocycles. The van der Waals surface area contributed by atoms with Crippen LogP contribution < -0.4 is 10.6 Å². The van der Waals surface area contributed by atoms with Crippen molar-refractivity contribution in [1.82, 2.24) is 5.32 Å². The van der Waals surface area contributed by atoms with Crippen LogP contribution in [0, 0.1) is 5.82 Å². The highest BCUT2D eigenvalue weighted by molar-refractivity contribution is 7.10. The van der Waals surface area contributed by atoms with Gasteiger partial charge >= 0.3 is 0 Å². The Balaban J connectivity index is 1.69. The van der Waals surface area contributed by atoms with E-state index >= 15 is 0 Å². The highest BCUT2D eigenvalue weighted by atomic mass is 35.5. The average molecular weight is 375 g/mol. The van der Waals surface area contributed by atoms with Gasteiger partial charge in [0.15, 0.2) is 0 Å². The monoisotopic (exact) mass is 374 g/mol. The number of rotatable bonds is 6. The van der Waals surface area contributed by atoms with E-state index in [-0.39, 0.29) is 24.2 Å². The first-order valence-corrected chi connectivity index (χ1v) is 8.96. The van der Waals surface area contributed by atoms with Gasteiger partial charge in [0.2, 0.25) is 5.91 Å². The van der Waals surface area contributed by atoms with E-state index in [2.05, 4.69) is 10.6 Å². The molecule has 0 saturated heterocycles. The van der Waals surface area contributed by atoms with Crippen LogP contribution in [0.2, 0.25) is 5.02 Å². The van der Waals surface area contributed by atoms with E-state index in [0.717, 1.165) is 10.4 Å². The van der Waals surface area contributed by atoms with Crippen LogP contribution in [0.25, 0.3) is 0 Å². The number of nitrogens with one attached hydrogen (secondary N) is 2. The summed E-state index contributed by atoms with van der Waals surface area (Å²) in [7, 11) is 0. The van der Waals surface area contributed by atoms with Gasteiger partial charge in [-0.15, -0.1) is 11.3 Å². The summed E-state index contributed by atoms with van der Waals surface area (Å²) in [6.45, 7) is 0.0451. The van der Waals surface area contributed by atoms with Crippen molar-refractivity contribution in [3.05, 3.63) is 87.3 Å². The number of hydrogen-bond acceptors (Lipinski definition) is 3. The Morgan fingerprint density at radius 3 is 2.64 bits per heavy atom. The van der Waals surface area contributed by atoms with Crippen molar-refractivity contribution >= 4 is 34.5 Å². The molecular formula is C19H16ClFN2OS. The molecule has 0 spiro atoms. The first kappa shape index (κ1) is 17.6. The lowest BCUT2D eigenvalue weighted by molar-refractivity contribution is -0.115. The van der Waals surface area contributed by atoms with Crippen molar-refractivity contribution in [2.45, 2.75) is 6.04 Å². The molecular weight excluding hydrogens is 359 g/mol. The van der Waals surface area contributed by atoms with Crippen LogP contribution in [-0.4, -0.2) is 12.5 Å². The molecule has 6 heteroatoms. The summed E-state index contributed by atoms with van der Waals surface area (Å²) in [5, 5.41) is 8.14. The molecule has 2 aromatic carbocycles. The number of thiophene rings is 1. The SMILES string of the molecule is O=C(CN[C@@H](c1ccccc1)c1cccs1)Nc1cc(Cl)ccc1F. The van der Waals surface area contributed by atoms with Crippen LogP contribution in [0.4, 0.5) is 10.1 Å². The van der Waals surface area contributed by atoms with Gasteiger partial charge in [-0.25, -0.2) is 4.39 Å². The third-order valence-corrected chi connectivity index (χ3v) is 4.80. The van der Waals surface area contributed by atoms with Gasteiger partial charge in [-0.05, 0) is 35.2 Å². The van der Waals surface area contributed by atoms with Crippen LogP contribution in [0.5, 0.6) is 0 Å². The number of halogens is 2. The topological polar surface area (TPSA) is 41.1 Å². The Bertz CT molecular complexity index is 840. The largest absolute Gasteiger partial charge is 0.322 e. The van der Waals surface area contributed by atoms with Crippen molar-refractivity contribution in [2.75, 3.05) is 11.9 Å². The Morgan fingerprint density at radius 1 is 1.12 bits per heavy atom. The van der Waals surface area contributed by atoms with Gasteiger partial charge in [0.25, 0.3) is 0 Å². The third kappa shape index (κ3) is 4.66. The molecule has 1 heterocycles. The fraction of sp³-hybridized carbons (Fsp3) is 0.105. The number of carbonyl (C=O) groups is 1. The first-order chi connectivity index (χ1) is 12.1. The lowest BCUT2D eigenvalue weighted by atomic mass is 10.1. The van der Waals surface area contributed by atoms with E-state index in [1.807, 2.05) is 47.8 Å². The highest BCUT2D eigenvalue weighted by Crippen LogP contribution is 2.26. The second kappa shape index (κ2) is 8.25. The predicted molar refractivity (Wildman–Crippen MR) is 101 cm³/mol.